The van der Waals surface area contributed by atoms with Crippen LogP contribution < -0.4 is 0 Å². The monoisotopic (exact) mass is 550 g/mol. The molecule has 4 nitrogen and oxygen atoms in total. The van der Waals surface area contributed by atoms with Crippen molar-refractivity contribution < 1.29 is 19.3 Å². The van der Waals surface area contributed by atoms with Gasteiger partial charge in [0.25, 0.3) is 0 Å². The van der Waals surface area contributed by atoms with Gasteiger partial charge in [-0.1, -0.05) is 55.9 Å². The highest BCUT2D eigenvalue weighted by Crippen LogP contribution is 2.65. The first-order chi connectivity index (χ1) is 18.6. The van der Waals surface area contributed by atoms with Gasteiger partial charge >= 0.3 is 0 Å². The van der Waals surface area contributed by atoms with Crippen LogP contribution in [0, 0.1) is 40.4 Å². The predicted octanol–water partition coefficient (Wildman–Crippen LogP) is 7.31. The minimum atomic E-state index is -0.404. The first kappa shape index (κ1) is 27.4. The van der Waals surface area contributed by atoms with Crippen molar-refractivity contribution >= 4 is 11.6 Å². The van der Waals surface area contributed by atoms with Crippen LogP contribution in [0.4, 0.5) is 0 Å². The minimum absolute atomic E-state index is 0.0247. The Kier molecular flexibility index (Phi) is 7.20. The Morgan fingerprint density at radius 2 is 1.82 bits per heavy atom. The summed E-state index contributed by atoms with van der Waals surface area (Å²) in [6.45, 7) is 12.1. The molecular weight excluding hydrogens is 508 g/mol. The number of fused-ring (bicyclic) bond motifs is 4. The molecule has 5 aliphatic rings. The summed E-state index contributed by atoms with van der Waals surface area (Å²) in [7, 11) is 0. The van der Waals surface area contributed by atoms with Gasteiger partial charge in [0.1, 0.15) is 6.61 Å². The molecular formula is C34H43ClO4. The maximum Gasteiger partial charge on any atom is 0.180 e. The predicted molar refractivity (Wildman–Crippen MR) is 154 cm³/mol. The molecule has 6 rings (SSSR count). The maximum atomic E-state index is 11.2. The Morgan fingerprint density at radius 1 is 1.08 bits per heavy atom. The molecule has 1 heterocycles. The fraction of sp³-hybridized carbons (Fsp3) is 0.647. The lowest BCUT2D eigenvalue weighted by molar-refractivity contribution is -0.312. The zero-order chi connectivity index (χ0) is 27.4. The lowest BCUT2D eigenvalue weighted by Crippen LogP contribution is -2.52. The molecule has 1 spiro atoms. The van der Waals surface area contributed by atoms with E-state index in [1.54, 1.807) is 11.1 Å². The molecule has 1 aliphatic heterocycles. The number of benzene rings is 1. The topological polar surface area (TPSA) is 47.9 Å². The van der Waals surface area contributed by atoms with Crippen LogP contribution in [0.25, 0.3) is 0 Å². The second kappa shape index (κ2) is 10.3. The van der Waals surface area contributed by atoms with Crippen molar-refractivity contribution in [2.75, 3.05) is 19.8 Å². The summed E-state index contributed by atoms with van der Waals surface area (Å²) in [6, 6.07) is 8.77. The van der Waals surface area contributed by atoms with Crippen LogP contribution in [0.3, 0.4) is 0 Å². The van der Waals surface area contributed by atoms with E-state index in [9.17, 15) is 5.11 Å². The molecule has 4 fully saturated rings. The fourth-order valence-electron chi connectivity index (χ4n) is 8.55. The molecule has 5 heteroatoms. The average molecular weight is 551 g/mol. The van der Waals surface area contributed by atoms with E-state index in [2.05, 4.69) is 63.5 Å². The number of rotatable bonds is 3. The van der Waals surface area contributed by atoms with Crippen molar-refractivity contribution in [2.24, 2.45) is 28.6 Å². The molecule has 6 atom stereocenters. The van der Waals surface area contributed by atoms with Crippen molar-refractivity contribution in [3.05, 3.63) is 58.3 Å². The summed E-state index contributed by atoms with van der Waals surface area (Å²) in [6.07, 6.45) is 8.31. The van der Waals surface area contributed by atoms with E-state index < -0.39 is 5.79 Å². The maximum absolute atomic E-state index is 11.2. The molecule has 0 amide bonds. The van der Waals surface area contributed by atoms with Gasteiger partial charge in [-0.3, -0.25) is 0 Å². The second-order valence-corrected chi connectivity index (χ2v) is 14.2. The van der Waals surface area contributed by atoms with E-state index in [1.807, 2.05) is 0 Å². The molecule has 39 heavy (non-hydrogen) atoms. The summed E-state index contributed by atoms with van der Waals surface area (Å²) in [4.78, 5) is 0. The van der Waals surface area contributed by atoms with Crippen molar-refractivity contribution in [3.63, 3.8) is 0 Å². The van der Waals surface area contributed by atoms with E-state index in [4.69, 9.17) is 25.8 Å². The van der Waals surface area contributed by atoms with Crippen molar-refractivity contribution in [1.82, 2.24) is 0 Å². The highest BCUT2D eigenvalue weighted by atomic mass is 35.5. The van der Waals surface area contributed by atoms with Gasteiger partial charge in [-0.25, -0.2) is 0 Å². The lowest BCUT2D eigenvalue weighted by atomic mass is 9.52. The van der Waals surface area contributed by atoms with Crippen LogP contribution in [0.5, 0.6) is 0 Å². The van der Waals surface area contributed by atoms with E-state index >= 15 is 0 Å². The molecule has 0 aromatic heterocycles. The van der Waals surface area contributed by atoms with Crippen LogP contribution in [0.1, 0.15) is 89.2 Å². The van der Waals surface area contributed by atoms with Crippen LogP contribution in [0.15, 0.2) is 47.2 Å². The van der Waals surface area contributed by atoms with Gasteiger partial charge in [-0.15, -0.1) is 0 Å². The summed E-state index contributed by atoms with van der Waals surface area (Å²) in [5, 5.41) is 11.3. The van der Waals surface area contributed by atoms with Crippen LogP contribution in [-0.4, -0.2) is 36.8 Å². The molecule has 1 saturated heterocycles. The Bertz CT molecular complexity index is 1190. The van der Waals surface area contributed by atoms with Gasteiger partial charge in [-0.2, -0.15) is 0 Å². The second-order valence-electron chi connectivity index (χ2n) is 13.7. The minimum Gasteiger partial charge on any atom is -0.471 e. The SMILES string of the molecule is C=C(Cl)OCC#Cc1ccc(C2CC3(C)C(O)CCC3C3CCC4CC5(CCC4=C23)OCC(C)(C)CO5)cc1. The third kappa shape index (κ3) is 5.10. The van der Waals surface area contributed by atoms with Gasteiger partial charge < -0.3 is 19.3 Å². The Morgan fingerprint density at radius 3 is 2.54 bits per heavy atom. The van der Waals surface area contributed by atoms with Crippen LogP contribution >= 0.6 is 11.6 Å². The average Bonchev–Trinajstić information content (AvgIpc) is 3.22. The Hall–Kier alpha value is -1.77. The zero-order valence-corrected chi connectivity index (χ0v) is 24.5. The number of aliphatic hydroxyl groups excluding tert-OH is 1. The number of hydrogen-bond donors (Lipinski definition) is 1. The molecule has 1 aromatic carbocycles. The first-order valence-electron chi connectivity index (χ1n) is 14.8. The summed E-state index contributed by atoms with van der Waals surface area (Å²) >= 11 is 5.66. The number of allylic oxidation sites excluding steroid dienone is 2. The first-order valence-corrected chi connectivity index (χ1v) is 15.2. The fourth-order valence-corrected chi connectivity index (χ4v) is 8.61. The zero-order valence-electron chi connectivity index (χ0n) is 23.7. The smallest absolute Gasteiger partial charge is 0.180 e. The highest BCUT2D eigenvalue weighted by Gasteiger charge is 2.57. The highest BCUT2D eigenvalue weighted by molar-refractivity contribution is 6.27. The third-order valence-electron chi connectivity index (χ3n) is 10.6. The molecule has 210 valence electrons. The number of ether oxygens (including phenoxy) is 3. The van der Waals surface area contributed by atoms with Gasteiger partial charge in [0, 0.05) is 29.7 Å². The Balaban J connectivity index is 1.31. The van der Waals surface area contributed by atoms with Gasteiger partial charge in [-0.05, 0) is 97.6 Å². The summed E-state index contributed by atoms with van der Waals surface area (Å²) in [5.41, 5.74) is 5.76. The standard InChI is InChI=1S/C34H43ClO4/c1-22(35)37-17-5-6-23-7-9-24(10-8-23)28-19-33(4)29(13-14-30(33)36)27-12-11-25-18-34(16-15-26(25)31(27)28)38-20-32(2,3)21-39-34/h7-10,25,27-30,36H,1,11-21H2,2-4H3. The molecule has 3 saturated carbocycles. The quantitative estimate of drug-likeness (QED) is 0.243. The molecule has 1 N–H and O–H groups in total. The molecule has 4 aliphatic carbocycles. The van der Waals surface area contributed by atoms with Crippen molar-refractivity contribution in [2.45, 2.75) is 89.9 Å². The Labute approximate surface area is 239 Å². The van der Waals surface area contributed by atoms with Gasteiger partial charge in [0.15, 0.2) is 11.0 Å². The number of aliphatic hydroxyl groups is 1. The number of halogens is 1. The number of hydrogen-bond acceptors (Lipinski definition) is 4. The molecule has 0 bridgehead atoms. The van der Waals surface area contributed by atoms with Crippen molar-refractivity contribution in [3.8, 4) is 11.8 Å². The van der Waals surface area contributed by atoms with E-state index in [0.717, 1.165) is 57.3 Å². The lowest BCUT2D eigenvalue weighted by Gasteiger charge is -2.55. The van der Waals surface area contributed by atoms with Crippen LogP contribution in [0.2, 0.25) is 0 Å². The van der Waals surface area contributed by atoms with Crippen molar-refractivity contribution in [1.29, 1.82) is 0 Å². The van der Waals surface area contributed by atoms with E-state index in [0.29, 0.717) is 23.7 Å². The van der Waals surface area contributed by atoms with E-state index in [1.165, 1.54) is 18.4 Å². The molecule has 0 radical (unpaired) electrons. The normalized spacial score (nSPS) is 36.3. The largest absolute Gasteiger partial charge is 0.471 e. The van der Waals surface area contributed by atoms with Gasteiger partial charge in [0.05, 0.1) is 19.3 Å². The summed E-state index contributed by atoms with van der Waals surface area (Å²) in [5.74, 6) is 7.79. The molecule has 1 aromatic rings. The van der Waals surface area contributed by atoms with Gasteiger partial charge in [0.2, 0.25) is 0 Å². The van der Waals surface area contributed by atoms with E-state index in [-0.39, 0.29) is 28.8 Å². The third-order valence-corrected chi connectivity index (χ3v) is 10.7. The van der Waals surface area contributed by atoms with Crippen LogP contribution in [-0.2, 0) is 14.2 Å². The summed E-state index contributed by atoms with van der Waals surface area (Å²) < 4.78 is 18.1. The molecule has 6 unspecified atom stereocenters.